The number of hydrogen-bond donors (Lipinski definition) is 1. The fourth-order valence-corrected chi connectivity index (χ4v) is 19.8. The molecule has 12 rings (SSSR count). The van der Waals surface area contributed by atoms with E-state index in [0.717, 1.165) is 44.1 Å². The van der Waals surface area contributed by atoms with Crippen molar-refractivity contribution in [3.63, 3.8) is 0 Å². The summed E-state index contributed by atoms with van der Waals surface area (Å²) in [7, 11) is 0. The van der Waals surface area contributed by atoms with E-state index in [1.165, 1.54) is 0 Å². The third kappa shape index (κ3) is 8.33. The Morgan fingerprint density at radius 3 is 1.40 bits per heavy atom. The van der Waals surface area contributed by atoms with Crippen LogP contribution >= 0.6 is 0 Å². The Labute approximate surface area is 470 Å². The molecule has 0 aromatic heterocycles. The first kappa shape index (κ1) is 54.7. The minimum atomic E-state index is -1.28. The molecule has 8 aliphatic carbocycles. The van der Waals surface area contributed by atoms with E-state index in [1.54, 1.807) is 48.5 Å². The second-order valence-corrected chi connectivity index (χ2v) is 27.7. The fraction of sp³-hybridized carbons (Fsp3) is 0.603. The number of ether oxygens (including phenoxy) is 2. The zero-order valence-electron chi connectivity index (χ0n) is 47.6. The number of Topliss-reactive ketones (excluding diaryl/α,β-unsaturated/α-hetero) is 6. The number of carbonyl (C=O) groups excluding carboxylic acids is 9. The van der Waals surface area contributed by atoms with Crippen molar-refractivity contribution in [2.24, 2.45) is 92.7 Å². The lowest BCUT2D eigenvalue weighted by atomic mass is 9.44. The summed E-state index contributed by atoms with van der Waals surface area (Å²) in [4.78, 5) is 123. The highest BCUT2D eigenvalue weighted by molar-refractivity contribution is 6.11. The van der Waals surface area contributed by atoms with E-state index in [1.807, 2.05) is 24.3 Å². The van der Waals surface area contributed by atoms with Crippen LogP contribution in [0.5, 0.6) is 11.5 Å². The Hall–Kier alpha value is -5.91. The predicted octanol–water partition coefficient (Wildman–Crippen LogP) is 11.8. The number of benzene rings is 3. The van der Waals surface area contributed by atoms with Gasteiger partial charge in [-0.25, -0.2) is 0 Å². The van der Waals surface area contributed by atoms with Gasteiger partial charge in [0.05, 0.1) is 0 Å². The molecule has 1 N–H and O–H groups in total. The number of rotatable bonds is 12. The number of para-hydroxylation sites is 1. The van der Waals surface area contributed by atoms with Crippen molar-refractivity contribution < 1.29 is 52.6 Å². The third-order valence-electron chi connectivity index (χ3n) is 24.4. The molecular formula is C68H79NO11. The quantitative estimate of drug-likeness (QED) is 0.134. The lowest BCUT2D eigenvalue weighted by Gasteiger charge is -2.58. The summed E-state index contributed by atoms with van der Waals surface area (Å²) in [5.74, 6) is 0.866. The summed E-state index contributed by atoms with van der Waals surface area (Å²) in [6.07, 6.45) is 9.75. The summed E-state index contributed by atoms with van der Waals surface area (Å²) in [5, 5.41) is 3.08. The summed E-state index contributed by atoms with van der Waals surface area (Å²) >= 11 is 0. The van der Waals surface area contributed by atoms with Crippen LogP contribution in [0, 0.1) is 92.7 Å². The molecule has 0 spiro atoms. The Kier molecular flexibility index (Phi) is 13.6. The van der Waals surface area contributed by atoms with Crippen molar-refractivity contribution in [3.05, 3.63) is 89.5 Å². The van der Waals surface area contributed by atoms with Crippen molar-refractivity contribution >= 4 is 58.2 Å². The number of ketones is 6. The van der Waals surface area contributed by atoms with Gasteiger partial charge in [0.1, 0.15) is 51.6 Å². The van der Waals surface area contributed by atoms with Crippen LogP contribution in [0.25, 0.3) is 0 Å². The van der Waals surface area contributed by atoms with Crippen LogP contribution in [0.2, 0.25) is 0 Å². The summed E-state index contributed by atoms with van der Waals surface area (Å²) in [5.41, 5.74) is -0.174. The normalized spacial score (nSPS) is 38.6. The summed E-state index contributed by atoms with van der Waals surface area (Å²) in [6, 6.07) is 21.6. The van der Waals surface area contributed by atoms with Crippen LogP contribution < -0.4 is 14.8 Å². The van der Waals surface area contributed by atoms with Crippen LogP contribution in [-0.4, -0.2) is 52.5 Å². The molecule has 12 nitrogen and oxygen atoms in total. The molecule has 3 aromatic rings. The molecule has 1 heterocycles. The van der Waals surface area contributed by atoms with Gasteiger partial charge in [-0.05, 0) is 163 Å². The fourth-order valence-electron chi connectivity index (χ4n) is 19.8. The molecule has 80 heavy (non-hydrogen) atoms. The van der Waals surface area contributed by atoms with E-state index in [-0.39, 0.29) is 135 Å². The third-order valence-corrected chi connectivity index (χ3v) is 24.4. The molecule has 16 atom stereocenters. The topological polar surface area (TPSA) is 184 Å². The van der Waals surface area contributed by atoms with E-state index in [2.05, 4.69) is 46.9 Å². The predicted molar refractivity (Wildman–Crippen MR) is 298 cm³/mol. The molecule has 8 fully saturated rings. The second kappa shape index (κ2) is 19.9. The minimum Gasteiger partial charge on any atom is -0.427 e. The van der Waals surface area contributed by atoms with Gasteiger partial charge in [-0.1, -0.05) is 84.0 Å². The van der Waals surface area contributed by atoms with E-state index in [9.17, 15) is 43.2 Å². The molecule has 0 radical (unpaired) electrons. The van der Waals surface area contributed by atoms with Crippen LogP contribution in [0.3, 0.4) is 0 Å². The van der Waals surface area contributed by atoms with Gasteiger partial charge >= 0.3 is 11.9 Å². The van der Waals surface area contributed by atoms with E-state index >= 15 is 0 Å². The van der Waals surface area contributed by atoms with Crippen molar-refractivity contribution in [1.82, 2.24) is 0 Å². The molecule has 0 saturated heterocycles. The van der Waals surface area contributed by atoms with Crippen LogP contribution in [0.4, 0.5) is 5.69 Å². The SMILES string of the molecule is C[C@H](CCC(=O)Oc1ccc(C2(c3ccc(OC(=O)CC[C@@H](C)[C@H]4CC[C@H]5[C@@H]6C(=O)CC7CC(=O)CC[C@]7(C)[C@H]6CC(=O)[C@]45C)cc3)C(=O)Nc3ccccc32)cc1)[C@H]1CC[C@H]2[C@@H]3C(=O)CC4CC(=O)CC[C@]4(C)[C@H]3CC(=O)[C@]12C. The second-order valence-electron chi connectivity index (χ2n) is 27.7. The van der Waals surface area contributed by atoms with Gasteiger partial charge in [-0.15, -0.1) is 0 Å². The Bertz CT molecular complexity index is 2930. The summed E-state index contributed by atoms with van der Waals surface area (Å²) < 4.78 is 11.8. The highest BCUT2D eigenvalue weighted by Gasteiger charge is 2.68. The van der Waals surface area contributed by atoms with Crippen molar-refractivity contribution in [3.8, 4) is 11.5 Å². The van der Waals surface area contributed by atoms with Gasteiger partial charge in [-0.3, -0.25) is 43.2 Å². The molecule has 2 unspecified atom stereocenters. The Balaban J connectivity index is 0.678. The van der Waals surface area contributed by atoms with E-state index in [0.29, 0.717) is 92.5 Å². The average molecular weight is 1090 g/mol. The van der Waals surface area contributed by atoms with Gasteiger partial charge in [0, 0.05) is 98.1 Å². The highest BCUT2D eigenvalue weighted by atomic mass is 16.5. The number of esters is 2. The number of anilines is 1. The zero-order chi connectivity index (χ0) is 56.4. The van der Waals surface area contributed by atoms with Crippen LogP contribution in [0.1, 0.15) is 174 Å². The van der Waals surface area contributed by atoms with Gasteiger partial charge in [0.2, 0.25) is 5.91 Å². The van der Waals surface area contributed by atoms with Gasteiger partial charge < -0.3 is 14.8 Å². The first-order valence-corrected chi connectivity index (χ1v) is 30.3. The maximum atomic E-state index is 14.4. The first-order chi connectivity index (χ1) is 38.1. The molecule has 0 bridgehead atoms. The number of fused-ring (bicyclic) bond motifs is 11. The van der Waals surface area contributed by atoms with Crippen molar-refractivity contribution in [2.75, 3.05) is 5.32 Å². The lowest BCUT2D eigenvalue weighted by Crippen LogP contribution is -2.60. The van der Waals surface area contributed by atoms with E-state index in [4.69, 9.17) is 9.47 Å². The van der Waals surface area contributed by atoms with Crippen molar-refractivity contribution in [2.45, 2.75) is 163 Å². The van der Waals surface area contributed by atoms with Gasteiger partial charge in [0.15, 0.2) is 0 Å². The smallest absolute Gasteiger partial charge is 0.311 e. The number of carbonyl (C=O) groups is 9. The molecule has 1 aliphatic heterocycles. The Morgan fingerprint density at radius 2 is 0.963 bits per heavy atom. The van der Waals surface area contributed by atoms with Crippen LogP contribution in [-0.2, 0) is 48.6 Å². The highest BCUT2D eigenvalue weighted by Crippen LogP contribution is 2.68. The first-order valence-electron chi connectivity index (χ1n) is 30.3. The average Bonchev–Trinajstić information content (AvgIpc) is 4.23. The number of nitrogens with one attached hydrogen (secondary N) is 1. The molecule has 12 heteroatoms. The maximum Gasteiger partial charge on any atom is 0.311 e. The molecular weight excluding hydrogens is 1010 g/mol. The van der Waals surface area contributed by atoms with Gasteiger partial charge in [-0.2, -0.15) is 0 Å². The molecule has 1 amide bonds. The number of amides is 1. The van der Waals surface area contributed by atoms with Crippen molar-refractivity contribution in [1.29, 1.82) is 0 Å². The molecule has 9 aliphatic rings. The standard InChI is InChI=1S/C68H79NO11/c1-37(47-21-23-50-61-52(35-57(74)66(47,50)5)64(3)29-27-43(70)31-41(64)33-55(61)72)11-25-59(76)79-45-17-13-39(14-18-45)68(49-9-7-8-10-54(49)69-63(68)78)40-15-19-46(20-16-40)80-60(77)26-12-38(2)48-22-24-51-62-53(36-58(75)67(48,51)6)65(4)30-28-44(71)32-42(65)34-56(62)73/h7-10,13-20,37-38,41-42,47-48,50-53,61-62H,11-12,21-36H2,1-6H3,(H,69,78)/t37-,38-,41?,42?,47-,48-,50+,51+,52+,53+,61+,62+,64+,65+,66-,67-,68?/m1/s1. The minimum absolute atomic E-state index is 0.0149. The molecule has 422 valence electrons. The Morgan fingerprint density at radius 1 is 0.537 bits per heavy atom. The van der Waals surface area contributed by atoms with Gasteiger partial charge in [0.25, 0.3) is 0 Å². The lowest BCUT2D eigenvalue weighted by molar-refractivity contribution is -0.168. The summed E-state index contributed by atoms with van der Waals surface area (Å²) in [6.45, 7) is 12.9. The van der Waals surface area contributed by atoms with E-state index < -0.39 is 28.2 Å². The maximum absolute atomic E-state index is 14.4. The number of hydrogen-bond acceptors (Lipinski definition) is 11. The zero-order valence-corrected chi connectivity index (χ0v) is 47.6. The largest absolute Gasteiger partial charge is 0.427 e. The molecule has 8 saturated carbocycles. The monoisotopic (exact) mass is 1090 g/mol. The molecule has 3 aromatic carbocycles. The van der Waals surface area contributed by atoms with Crippen LogP contribution in [0.15, 0.2) is 72.8 Å².